The molecule has 4 heteroatoms. The third-order valence-corrected chi connectivity index (χ3v) is 3.22. The van der Waals surface area contributed by atoms with Crippen LogP contribution in [0.5, 0.6) is 5.75 Å². The van der Waals surface area contributed by atoms with Gasteiger partial charge in [0, 0.05) is 11.0 Å². The summed E-state index contributed by atoms with van der Waals surface area (Å²) in [6.07, 6.45) is 1.95. The molecule has 0 aromatic heterocycles. The lowest BCUT2D eigenvalue weighted by Gasteiger charge is -2.20. The standard InChI is InChI=1S/C15H23BrFNO/c1-4-5-13(10-18-9-11(2)3)19-15-7-6-12(16)8-14(15)17/h6-8,11,13,18H,4-5,9-10H2,1-3H3. The summed E-state index contributed by atoms with van der Waals surface area (Å²) < 4.78 is 20.2. The lowest BCUT2D eigenvalue weighted by molar-refractivity contribution is 0.177. The maximum Gasteiger partial charge on any atom is 0.166 e. The van der Waals surface area contributed by atoms with Gasteiger partial charge in [-0.1, -0.05) is 43.1 Å². The van der Waals surface area contributed by atoms with Gasteiger partial charge in [-0.3, -0.25) is 0 Å². The van der Waals surface area contributed by atoms with Crippen LogP contribution < -0.4 is 10.1 Å². The molecule has 19 heavy (non-hydrogen) atoms. The molecule has 1 atom stereocenters. The van der Waals surface area contributed by atoms with Crippen molar-refractivity contribution in [3.8, 4) is 5.75 Å². The van der Waals surface area contributed by atoms with Crippen LogP contribution in [0.25, 0.3) is 0 Å². The van der Waals surface area contributed by atoms with Crippen LogP contribution in [0.2, 0.25) is 0 Å². The molecule has 1 aromatic rings. The van der Waals surface area contributed by atoms with Gasteiger partial charge in [-0.2, -0.15) is 0 Å². The molecule has 0 bridgehead atoms. The van der Waals surface area contributed by atoms with Gasteiger partial charge in [-0.25, -0.2) is 4.39 Å². The molecular formula is C15H23BrFNO. The van der Waals surface area contributed by atoms with Gasteiger partial charge in [0.2, 0.25) is 0 Å². The highest BCUT2D eigenvalue weighted by Gasteiger charge is 2.12. The summed E-state index contributed by atoms with van der Waals surface area (Å²) in [5.41, 5.74) is 0. The van der Waals surface area contributed by atoms with Crippen molar-refractivity contribution in [2.75, 3.05) is 13.1 Å². The van der Waals surface area contributed by atoms with Gasteiger partial charge in [0.25, 0.3) is 0 Å². The molecule has 108 valence electrons. The van der Waals surface area contributed by atoms with E-state index in [2.05, 4.69) is 42.0 Å². The minimum atomic E-state index is -0.320. The lowest BCUT2D eigenvalue weighted by atomic mass is 10.2. The van der Waals surface area contributed by atoms with Crippen molar-refractivity contribution >= 4 is 15.9 Å². The van der Waals surface area contributed by atoms with Crippen LogP contribution >= 0.6 is 15.9 Å². The zero-order chi connectivity index (χ0) is 14.3. The lowest BCUT2D eigenvalue weighted by Crippen LogP contribution is -2.33. The van der Waals surface area contributed by atoms with E-state index in [-0.39, 0.29) is 11.9 Å². The molecule has 1 N–H and O–H groups in total. The Bertz CT molecular complexity index is 384. The van der Waals surface area contributed by atoms with Crippen LogP contribution in [0, 0.1) is 11.7 Å². The minimum Gasteiger partial charge on any atom is -0.486 e. The topological polar surface area (TPSA) is 21.3 Å². The van der Waals surface area contributed by atoms with Gasteiger partial charge >= 0.3 is 0 Å². The average Bonchev–Trinajstić information content (AvgIpc) is 2.32. The Kier molecular flexibility index (Phi) is 7.39. The molecule has 1 rings (SSSR count). The summed E-state index contributed by atoms with van der Waals surface area (Å²) in [7, 11) is 0. The molecule has 0 radical (unpaired) electrons. The monoisotopic (exact) mass is 331 g/mol. The van der Waals surface area contributed by atoms with Crippen LogP contribution in [0.15, 0.2) is 22.7 Å². The van der Waals surface area contributed by atoms with Gasteiger partial charge in [0.15, 0.2) is 11.6 Å². The predicted molar refractivity (Wildman–Crippen MR) is 81.1 cm³/mol. The second-order valence-electron chi connectivity index (χ2n) is 5.16. The van der Waals surface area contributed by atoms with Gasteiger partial charge in [-0.05, 0) is 37.1 Å². The summed E-state index contributed by atoms with van der Waals surface area (Å²) in [6.45, 7) is 8.14. The Morgan fingerprint density at radius 1 is 1.32 bits per heavy atom. The number of benzene rings is 1. The number of rotatable bonds is 8. The second kappa shape index (κ2) is 8.54. The Morgan fingerprint density at radius 3 is 2.63 bits per heavy atom. The molecular weight excluding hydrogens is 309 g/mol. The van der Waals surface area contributed by atoms with Crippen LogP contribution in [-0.2, 0) is 0 Å². The molecule has 1 unspecified atom stereocenters. The highest BCUT2D eigenvalue weighted by molar-refractivity contribution is 9.10. The second-order valence-corrected chi connectivity index (χ2v) is 6.07. The number of halogens is 2. The van der Waals surface area contributed by atoms with E-state index < -0.39 is 0 Å². The van der Waals surface area contributed by atoms with Crippen molar-refractivity contribution in [2.45, 2.75) is 39.7 Å². The molecule has 0 saturated carbocycles. The average molecular weight is 332 g/mol. The maximum atomic E-state index is 13.7. The van der Waals surface area contributed by atoms with Gasteiger partial charge in [0.1, 0.15) is 6.10 Å². The zero-order valence-corrected chi connectivity index (χ0v) is 13.5. The molecule has 0 spiro atoms. The van der Waals surface area contributed by atoms with E-state index in [1.165, 1.54) is 6.07 Å². The van der Waals surface area contributed by atoms with Crippen molar-refractivity contribution in [3.63, 3.8) is 0 Å². The summed E-state index contributed by atoms with van der Waals surface area (Å²) in [4.78, 5) is 0. The number of hydrogen-bond donors (Lipinski definition) is 1. The van der Waals surface area contributed by atoms with Crippen molar-refractivity contribution in [1.29, 1.82) is 0 Å². The Morgan fingerprint density at radius 2 is 2.05 bits per heavy atom. The minimum absolute atomic E-state index is 0.0134. The Labute approximate surface area is 123 Å². The van der Waals surface area contributed by atoms with E-state index in [1.54, 1.807) is 12.1 Å². The number of nitrogens with one attached hydrogen (secondary N) is 1. The third kappa shape index (κ3) is 6.39. The first kappa shape index (κ1) is 16.4. The van der Waals surface area contributed by atoms with E-state index in [0.29, 0.717) is 11.7 Å². The molecule has 0 amide bonds. The zero-order valence-electron chi connectivity index (χ0n) is 11.9. The predicted octanol–water partition coefficient (Wildman–Crippen LogP) is 4.38. The van der Waals surface area contributed by atoms with Crippen LogP contribution in [0.4, 0.5) is 4.39 Å². The number of ether oxygens (including phenoxy) is 1. The summed E-state index contributed by atoms with van der Waals surface area (Å²) in [5.74, 6) is 0.610. The fourth-order valence-electron chi connectivity index (χ4n) is 1.81. The third-order valence-electron chi connectivity index (χ3n) is 2.72. The molecule has 0 aliphatic rings. The largest absolute Gasteiger partial charge is 0.486 e. The van der Waals surface area contributed by atoms with Crippen LogP contribution in [0.1, 0.15) is 33.6 Å². The van der Waals surface area contributed by atoms with Gasteiger partial charge in [0.05, 0.1) is 0 Å². The highest BCUT2D eigenvalue weighted by atomic mass is 79.9. The fraction of sp³-hybridized carbons (Fsp3) is 0.600. The fourth-order valence-corrected chi connectivity index (χ4v) is 2.14. The van der Waals surface area contributed by atoms with Crippen LogP contribution in [-0.4, -0.2) is 19.2 Å². The molecule has 0 aliphatic carbocycles. The van der Waals surface area contributed by atoms with Crippen molar-refractivity contribution < 1.29 is 9.13 Å². The molecule has 0 saturated heterocycles. The van der Waals surface area contributed by atoms with E-state index in [4.69, 9.17) is 4.74 Å². The molecule has 0 fully saturated rings. The summed E-state index contributed by atoms with van der Waals surface area (Å²) in [5, 5.41) is 3.36. The maximum absolute atomic E-state index is 13.7. The molecule has 2 nitrogen and oxygen atoms in total. The SMILES string of the molecule is CCCC(CNCC(C)C)Oc1ccc(Br)cc1F. The first-order valence-corrected chi connectivity index (χ1v) is 7.64. The van der Waals surface area contributed by atoms with E-state index in [1.807, 2.05) is 0 Å². The smallest absolute Gasteiger partial charge is 0.166 e. The molecule has 0 aliphatic heterocycles. The summed E-state index contributed by atoms with van der Waals surface area (Å²) in [6, 6.07) is 4.90. The normalized spacial score (nSPS) is 12.7. The van der Waals surface area contributed by atoms with Crippen LogP contribution in [0.3, 0.4) is 0 Å². The van der Waals surface area contributed by atoms with E-state index in [0.717, 1.165) is 30.4 Å². The first-order chi connectivity index (χ1) is 9.02. The Balaban J connectivity index is 2.56. The van der Waals surface area contributed by atoms with Gasteiger partial charge < -0.3 is 10.1 Å². The van der Waals surface area contributed by atoms with E-state index >= 15 is 0 Å². The first-order valence-electron chi connectivity index (χ1n) is 6.85. The van der Waals surface area contributed by atoms with E-state index in [9.17, 15) is 4.39 Å². The highest BCUT2D eigenvalue weighted by Crippen LogP contribution is 2.23. The molecule has 0 heterocycles. The van der Waals surface area contributed by atoms with Crippen molar-refractivity contribution in [3.05, 3.63) is 28.5 Å². The quantitative estimate of drug-likeness (QED) is 0.763. The Hall–Kier alpha value is -0.610. The van der Waals surface area contributed by atoms with Crippen molar-refractivity contribution in [1.82, 2.24) is 5.32 Å². The summed E-state index contributed by atoms with van der Waals surface area (Å²) >= 11 is 3.24. The number of hydrogen-bond acceptors (Lipinski definition) is 2. The molecule has 1 aromatic carbocycles. The van der Waals surface area contributed by atoms with Gasteiger partial charge in [-0.15, -0.1) is 0 Å². The van der Waals surface area contributed by atoms with Crippen molar-refractivity contribution in [2.24, 2.45) is 5.92 Å².